The lowest BCUT2D eigenvalue weighted by molar-refractivity contribution is -0.122. The van der Waals surface area contributed by atoms with Crippen LogP contribution < -0.4 is 16.4 Å². The third kappa shape index (κ3) is 10.2. The number of fused-ring (bicyclic) bond motifs is 1. The molecule has 4 N–H and O–H groups in total. The molecule has 0 radical (unpaired) electrons. The number of Topliss-reactive ketones (excluding diaryl/α,β-unsaturated/α-hetero) is 2. The maximum Gasteiger partial charge on any atom is 0.220 e. The Morgan fingerprint density at radius 2 is 1.82 bits per heavy atom. The number of benzene rings is 1. The molecule has 0 aromatic heterocycles. The van der Waals surface area contributed by atoms with Crippen molar-refractivity contribution >= 4 is 35.1 Å². The van der Waals surface area contributed by atoms with Crippen molar-refractivity contribution in [2.75, 3.05) is 12.3 Å². The van der Waals surface area contributed by atoms with Crippen molar-refractivity contribution in [2.45, 2.75) is 108 Å². The van der Waals surface area contributed by atoms with Crippen molar-refractivity contribution in [1.82, 2.24) is 10.6 Å². The number of unbranched alkanes of at least 4 members (excludes halogenated alkanes) is 2. The molecule has 2 saturated heterocycles. The Balaban J connectivity index is 1.21. The maximum absolute atomic E-state index is 12.4. The van der Waals surface area contributed by atoms with Crippen LogP contribution in [0.2, 0.25) is 0 Å². The standard InChI is InChI=1S/C30H45N3O4S/c1-2-3-8-25(31)27(35)16-15-21-11-13-22(14-12-21)18-23(34)7-6-17-32-29(36)10-5-4-9-28-24-19-30(37)33-26(24)20-38-28/h11-14,24-26,28H,2-10,15-20,31H2,1H3,(H,32,36)(H,33,37)/t24?,25-,26?,28?/m0/s1. The van der Waals surface area contributed by atoms with E-state index < -0.39 is 0 Å². The molecule has 1 aromatic rings. The summed E-state index contributed by atoms with van der Waals surface area (Å²) >= 11 is 1.96. The smallest absolute Gasteiger partial charge is 0.220 e. The summed E-state index contributed by atoms with van der Waals surface area (Å²) in [6.45, 7) is 2.61. The van der Waals surface area contributed by atoms with E-state index in [0.717, 1.165) is 55.4 Å². The molecule has 2 aliphatic rings. The first-order chi connectivity index (χ1) is 18.4. The van der Waals surface area contributed by atoms with Crippen LogP contribution in [0.25, 0.3) is 0 Å². The van der Waals surface area contributed by atoms with Crippen molar-refractivity contribution < 1.29 is 19.2 Å². The lowest BCUT2D eigenvalue weighted by atomic mass is 9.94. The predicted octanol–water partition coefficient (Wildman–Crippen LogP) is 3.89. The number of hydrogen-bond donors (Lipinski definition) is 3. The second kappa shape index (κ2) is 16.0. The molecule has 8 heteroatoms. The molecule has 0 saturated carbocycles. The van der Waals surface area contributed by atoms with Crippen LogP contribution in [0.3, 0.4) is 0 Å². The first kappa shape index (κ1) is 30.4. The molecule has 2 fully saturated rings. The molecule has 3 unspecified atom stereocenters. The molecule has 4 atom stereocenters. The van der Waals surface area contributed by atoms with Crippen LogP contribution in [-0.4, -0.2) is 53.0 Å². The number of nitrogens with one attached hydrogen (secondary N) is 2. The summed E-state index contributed by atoms with van der Waals surface area (Å²) in [5.74, 6) is 2.00. The van der Waals surface area contributed by atoms with Crippen LogP contribution in [0.4, 0.5) is 0 Å². The third-order valence-electron chi connectivity index (χ3n) is 7.72. The fourth-order valence-corrected chi connectivity index (χ4v) is 7.00. The second-order valence-corrected chi connectivity index (χ2v) is 12.1. The Morgan fingerprint density at radius 3 is 2.58 bits per heavy atom. The topological polar surface area (TPSA) is 118 Å². The largest absolute Gasteiger partial charge is 0.356 e. The SMILES string of the molecule is CCCC[C@H](N)C(=O)CCc1ccc(CC(=O)CCCNC(=O)CCCCC2SCC3NC(=O)CC32)cc1. The van der Waals surface area contributed by atoms with E-state index in [-0.39, 0.29) is 29.4 Å². The zero-order valence-electron chi connectivity index (χ0n) is 22.8. The van der Waals surface area contributed by atoms with Crippen LogP contribution in [0.5, 0.6) is 0 Å². The molecule has 1 aromatic carbocycles. The Bertz CT molecular complexity index is 936. The summed E-state index contributed by atoms with van der Waals surface area (Å²) in [4.78, 5) is 48.2. The van der Waals surface area contributed by atoms with Crippen LogP contribution >= 0.6 is 11.8 Å². The molecular weight excluding hydrogens is 498 g/mol. The van der Waals surface area contributed by atoms with Gasteiger partial charge in [-0.15, -0.1) is 0 Å². The third-order valence-corrected chi connectivity index (χ3v) is 9.28. The minimum atomic E-state index is -0.357. The molecule has 7 nitrogen and oxygen atoms in total. The van der Waals surface area contributed by atoms with E-state index >= 15 is 0 Å². The van der Waals surface area contributed by atoms with Gasteiger partial charge in [-0.2, -0.15) is 11.8 Å². The van der Waals surface area contributed by atoms with E-state index in [2.05, 4.69) is 17.6 Å². The highest BCUT2D eigenvalue weighted by Crippen LogP contribution is 2.40. The van der Waals surface area contributed by atoms with Gasteiger partial charge in [0, 0.05) is 61.6 Å². The number of thioether (sulfide) groups is 1. The zero-order valence-corrected chi connectivity index (χ0v) is 23.7. The molecule has 0 spiro atoms. The maximum atomic E-state index is 12.4. The number of hydrogen-bond acceptors (Lipinski definition) is 6. The summed E-state index contributed by atoms with van der Waals surface area (Å²) < 4.78 is 0. The number of aryl methyl sites for hydroxylation is 1. The predicted molar refractivity (Wildman–Crippen MR) is 153 cm³/mol. The number of carbonyl (C=O) groups is 4. The molecule has 3 rings (SSSR count). The van der Waals surface area contributed by atoms with E-state index in [1.54, 1.807) is 0 Å². The average molecular weight is 544 g/mol. The summed E-state index contributed by atoms with van der Waals surface area (Å²) in [6, 6.07) is 7.89. The lowest BCUT2D eigenvalue weighted by Gasteiger charge is -2.15. The van der Waals surface area contributed by atoms with E-state index in [1.807, 2.05) is 36.0 Å². The van der Waals surface area contributed by atoms with Crippen molar-refractivity contribution in [3.63, 3.8) is 0 Å². The number of carbonyl (C=O) groups excluding carboxylic acids is 4. The molecule has 2 heterocycles. The van der Waals surface area contributed by atoms with E-state index in [1.165, 1.54) is 0 Å². The Labute approximate surface area is 231 Å². The summed E-state index contributed by atoms with van der Waals surface area (Å²) in [5, 5.41) is 6.53. The minimum absolute atomic E-state index is 0.0486. The molecule has 2 aliphatic heterocycles. The molecule has 0 bridgehead atoms. The van der Waals surface area contributed by atoms with Gasteiger partial charge >= 0.3 is 0 Å². The lowest BCUT2D eigenvalue weighted by Crippen LogP contribution is -2.30. The van der Waals surface area contributed by atoms with E-state index in [9.17, 15) is 19.2 Å². The molecule has 210 valence electrons. The Morgan fingerprint density at radius 1 is 1.05 bits per heavy atom. The van der Waals surface area contributed by atoms with Crippen LogP contribution in [0.15, 0.2) is 24.3 Å². The fourth-order valence-electron chi connectivity index (χ4n) is 5.34. The highest BCUT2D eigenvalue weighted by Gasteiger charge is 2.42. The van der Waals surface area contributed by atoms with Crippen molar-refractivity contribution in [2.24, 2.45) is 11.7 Å². The van der Waals surface area contributed by atoms with Crippen molar-refractivity contribution in [1.29, 1.82) is 0 Å². The van der Waals surface area contributed by atoms with Gasteiger partial charge in [0.2, 0.25) is 11.8 Å². The van der Waals surface area contributed by atoms with Crippen LogP contribution in [-0.2, 0) is 32.0 Å². The van der Waals surface area contributed by atoms with Gasteiger partial charge in [0.15, 0.2) is 0 Å². The molecule has 38 heavy (non-hydrogen) atoms. The van der Waals surface area contributed by atoms with Gasteiger partial charge in [-0.3, -0.25) is 19.2 Å². The van der Waals surface area contributed by atoms with Gasteiger partial charge in [0.1, 0.15) is 11.6 Å². The van der Waals surface area contributed by atoms with Crippen LogP contribution in [0.1, 0.15) is 88.7 Å². The van der Waals surface area contributed by atoms with Gasteiger partial charge < -0.3 is 16.4 Å². The first-order valence-corrected chi connectivity index (χ1v) is 15.5. The van der Waals surface area contributed by atoms with Gasteiger partial charge in [0.05, 0.1) is 6.04 Å². The Kier molecular flexibility index (Phi) is 12.8. The first-order valence-electron chi connectivity index (χ1n) is 14.4. The monoisotopic (exact) mass is 543 g/mol. The van der Waals surface area contributed by atoms with Crippen molar-refractivity contribution in [3.05, 3.63) is 35.4 Å². The summed E-state index contributed by atoms with van der Waals surface area (Å²) in [5.41, 5.74) is 8.01. The van der Waals surface area contributed by atoms with Gasteiger partial charge in [-0.05, 0) is 43.2 Å². The number of rotatable bonds is 18. The second-order valence-electron chi connectivity index (χ2n) is 10.9. The summed E-state index contributed by atoms with van der Waals surface area (Å²) in [6.07, 6.45) is 9.47. The normalized spacial score (nSPS) is 21.1. The summed E-state index contributed by atoms with van der Waals surface area (Å²) in [7, 11) is 0. The van der Waals surface area contributed by atoms with E-state index in [0.29, 0.717) is 68.7 Å². The zero-order chi connectivity index (χ0) is 27.3. The average Bonchev–Trinajstić information content (AvgIpc) is 3.46. The molecule has 2 amide bonds. The van der Waals surface area contributed by atoms with Crippen molar-refractivity contribution in [3.8, 4) is 0 Å². The van der Waals surface area contributed by atoms with Crippen LogP contribution in [0, 0.1) is 5.92 Å². The number of amides is 2. The highest BCUT2D eigenvalue weighted by atomic mass is 32.2. The molecule has 0 aliphatic carbocycles. The Hall–Kier alpha value is -2.19. The van der Waals surface area contributed by atoms with E-state index in [4.69, 9.17) is 5.73 Å². The van der Waals surface area contributed by atoms with Gasteiger partial charge in [0.25, 0.3) is 0 Å². The molecular formula is C30H45N3O4S. The highest BCUT2D eigenvalue weighted by molar-refractivity contribution is 8.00. The van der Waals surface area contributed by atoms with Gasteiger partial charge in [-0.1, -0.05) is 50.5 Å². The minimum Gasteiger partial charge on any atom is -0.356 e. The fraction of sp³-hybridized carbons (Fsp3) is 0.667. The van der Waals surface area contributed by atoms with Gasteiger partial charge in [-0.25, -0.2) is 0 Å². The number of nitrogens with two attached hydrogens (primary N) is 1. The quantitative estimate of drug-likeness (QED) is 0.242. The number of ketones is 2.